The third kappa shape index (κ3) is 3.60. The Hall–Kier alpha value is -2.05. The van der Waals surface area contributed by atoms with E-state index in [0.29, 0.717) is 13.0 Å². The van der Waals surface area contributed by atoms with Crippen molar-refractivity contribution in [1.82, 2.24) is 20.8 Å². The molecule has 0 fully saturated rings. The SMILES string of the molecule is CC[C@H](NC(=O)NCc1cn[nH]c1)C(=O)O. The molecule has 7 heteroatoms. The average Bonchev–Trinajstić information content (AvgIpc) is 2.75. The van der Waals surface area contributed by atoms with E-state index < -0.39 is 18.0 Å². The lowest BCUT2D eigenvalue weighted by Gasteiger charge is -2.12. The first-order valence-electron chi connectivity index (χ1n) is 4.88. The first-order valence-corrected chi connectivity index (χ1v) is 4.88. The van der Waals surface area contributed by atoms with E-state index in [0.717, 1.165) is 5.56 Å². The van der Waals surface area contributed by atoms with Crippen molar-refractivity contribution in [2.24, 2.45) is 0 Å². The summed E-state index contributed by atoms with van der Waals surface area (Å²) in [6.45, 7) is 1.99. The van der Waals surface area contributed by atoms with Crippen LogP contribution < -0.4 is 10.6 Å². The zero-order valence-electron chi connectivity index (χ0n) is 8.86. The molecule has 0 aliphatic rings. The Morgan fingerprint density at radius 3 is 2.88 bits per heavy atom. The molecule has 1 atom stereocenters. The number of hydrogen-bond donors (Lipinski definition) is 4. The smallest absolute Gasteiger partial charge is 0.326 e. The first kappa shape index (κ1) is 12.0. The van der Waals surface area contributed by atoms with Gasteiger partial charge in [-0.15, -0.1) is 0 Å². The lowest BCUT2D eigenvalue weighted by molar-refractivity contribution is -0.139. The number of aromatic amines is 1. The van der Waals surface area contributed by atoms with Crippen molar-refractivity contribution in [2.45, 2.75) is 25.9 Å². The molecule has 0 radical (unpaired) electrons. The summed E-state index contributed by atoms with van der Waals surface area (Å²) in [5, 5.41) is 19.9. The summed E-state index contributed by atoms with van der Waals surface area (Å²) < 4.78 is 0. The Kier molecular flexibility index (Phi) is 4.31. The molecule has 7 nitrogen and oxygen atoms in total. The van der Waals surface area contributed by atoms with Crippen molar-refractivity contribution in [3.05, 3.63) is 18.0 Å². The number of carbonyl (C=O) groups excluding carboxylic acids is 1. The maximum atomic E-state index is 11.3. The highest BCUT2D eigenvalue weighted by atomic mass is 16.4. The molecule has 0 aliphatic carbocycles. The number of nitrogens with one attached hydrogen (secondary N) is 3. The number of H-pyrrole nitrogens is 1. The highest BCUT2D eigenvalue weighted by molar-refractivity contribution is 5.82. The van der Waals surface area contributed by atoms with Crippen LogP contribution in [0.3, 0.4) is 0 Å². The van der Waals surface area contributed by atoms with Crippen molar-refractivity contribution < 1.29 is 14.7 Å². The molecular weight excluding hydrogens is 212 g/mol. The minimum absolute atomic E-state index is 0.304. The van der Waals surface area contributed by atoms with Gasteiger partial charge in [-0.1, -0.05) is 6.92 Å². The molecule has 0 aliphatic heterocycles. The van der Waals surface area contributed by atoms with E-state index in [4.69, 9.17) is 5.11 Å². The zero-order chi connectivity index (χ0) is 12.0. The molecule has 2 amide bonds. The predicted octanol–water partition coefficient (Wildman–Crippen LogP) is 0.0721. The summed E-state index contributed by atoms with van der Waals surface area (Å²) in [4.78, 5) is 21.9. The molecule has 0 spiro atoms. The van der Waals surface area contributed by atoms with Gasteiger partial charge in [0.15, 0.2) is 0 Å². The second-order valence-corrected chi connectivity index (χ2v) is 3.23. The highest BCUT2D eigenvalue weighted by Gasteiger charge is 2.16. The number of nitrogens with zero attached hydrogens (tertiary/aromatic N) is 1. The summed E-state index contributed by atoms with van der Waals surface area (Å²) in [5.74, 6) is -1.04. The first-order chi connectivity index (χ1) is 7.63. The van der Waals surface area contributed by atoms with E-state index in [2.05, 4.69) is 20.8 Å². The number of aromatic nitrogens is 2. The van der Waals surface area contributed by atoms with Gasteiger partial charge in [0.25, 0.3) is 0 Å². The normalized spacial score (nSPS) is 11.8. The molecule has 0 saturated heterocycles. The van der Waals surface area contributed by atoms with E-state index in [-0.39, 0.29) is 0 Å². The quantitative estimate of drug-likeness (QED) is 0.570. The summed E-state index contributed by atoms with van der Waals surface area (Å²) in [6.07, 6.45) is 3.57. The third-order valence-corrected chi connectivity index (χ3v) is 2.02. The number of carboxylic acids is 1. The van der Waals surface area contributed by atoms with Gasteiger partial charge in [0, 0.05) is 18.3 Å². The van der Waals surface area contributed by atoms with Gasteiger partial charge in [-0.25, -0.2) is 9.59 Å². The van der Waals surface area contributed by atoms with E-state index >= 15 is 0 Å². The molecule has 1 aromatic heterocycles. The van der Waals surface area contributed by atoms with Crippen molar-refractivity contribution in [2.75, 3.05) is 0 Å². The molecule has 0 aromatic carbocycles. The molecule has 0 unspecified atom stereocenters. The van der Waals surface area contributed by atoms with Gasteiger partial charge in [-0.05, 0) is 6.42 Å². The number of hydrogen-bond acceptors (Lipinski definition) is 3. The largest absolute Gasteiger partial charge is 0.480 e. The van der Waals surface area contributed by atoms with Crippen LogP contribution in [0.2, 0.25) is 0 Å². The van der Waals surface area contributed by atoms with E-state index in [9.17, 15) is 9.59 Å². The van der Waals surface area contributed by atoms with Crippen molar-refractivity contribution in [1.29, 1.82) is 0 Å². The lowest BCUT2D eigenvalue weighted by Crippen LogP contribution is -2.45. The van der Waals surface area contributed by atoms with Crippen LogP contribution in [0.1, 0.15) is 18.9 Å². The van der Waals surface area contributed by atoms with Crippen LogP contribution in [0.5, 0.6) is 0 Å². The maximum absolute atomic E-state index is 11.3. The molecule has 1 heterocycles. The van der Waals surface area contributed by atoms with Crippen molar-refractivity contribution >= 4 is 12.0 Å². The Balaban J connectivity index is 2.33. The van der Waals surface area contributed by atoms with Crippen LogP contribution in [-0.2, 0) is 11.3 Å². The lowest BCUT2D eigenvalue weighted by atomic mass is 10.2. The Morgan fingerprint density at radius 1 is 1.62 bits per heavy atom. The number of carboxylic acid groups (broad SMARTS) is 1. The average molecular weight is 226 g/mol. The topological polar surface area (TPSA) is 107 Å². The Bertz CT molecular complexity index is 350. The molecule has 0 bridgehead atoms. The predicted molar refractivity (Wildman–Crippen MR) is 55.7 cm³/mol. The van der Waals surface area contributed by atoms with Crippen LogP contribution in [0, 0.1) is 0 Å². The molecule has 16 heavy (non-hydrogen) atoms. The van der Waals surface area contributed by atoms with Crippen LogP contribution >= 0.6 is 0 Å². The van der Waals surface area contributed by atoms with Gasteiger partial charge in [0.1, 0.15) is 6.04 Å². The van der Waals surface area contributed by atoms with Gasteiger partial charge < -0.3 is 15.7 Å². The van der Waals surface area contributed by atoms with Crippen LogP contribution in [0.15, 0.2) is 12.4 Å². The van der Waals surface area contributed by atoms with Crippen molar-refractivity contribution in [3.63, 3.8) is 0 Å². The number of amides is 2. The Morgan fingerprint density at radius 2 is 2.38 bits per heavy atom. The zero-order valence-corrected chi connectivity index (χ0v) is 8.86. The minimum atomic E-state index is -1.04. The molecule has 1 aromatic rings. The van der Waals surface area contributed by atoms with Crippen LogP contribution in [-0.4, -0.2) is 33.3 Å². The third-order valence-electron chi connectivity index (χ3n) is 2.02. The van der Waals surface area contributed by atoms with Gasteiger partial charge >= 0.3 is 12.0 Å². The van der Waals surface area contributed by atoms with Gasteiger partial charge in [0.2, 0.25) is 0 Å². The van der Waals surface area contributed by atoms with Gasteiger partial charge in [0.05, 0.1) is 6.20 Å². The summed E-state index contributed by atoms with van der Waals surface area (Å²) in [7, 11) is 0. The molecule has 0 saturated carbocycles. The second-order valence-electron chi connectivity index (χ2n) is 3.23. The molecule has 4 N–H and O–H groups in total. The Labute approximate surface area is 92.2 Å². The molecule has 88 valence electrons. The van der Waals surface area contributed by atoms with E-state index in [1.54, 1.807) is 19.3 Å². The maximum Gasteiger partial charge on any atom is 0.326 e. The number of carbonyl (C=O) groups is 2. The number of aliphatic carboxylic acids is 1. The summed E-state index contributed by atoms with van der Waals surface area (Å²) >= 11 is 0. The summed E-state index contributed by atoms with van der Waals surface area (Å²) in [6, 6.07) is -1.36. The standard InChI is InChI=1S/C9H14N4O3/c1-2-7(8(14)15)13-9(16)10-3-6-4-11-12-5-6/h4-5,7H,2-3H2,1H3,(H,11,12)(H,14,15)(H2,10,13,16)/t7-/m0/s1. The minimum Gasteiger partial charge on any atom is -0.480 e. The number of rotatable bonds is 5. The van der Waals surface area contributed by atoms with E-state index in [1.165, 1.54) is 0 Å². The second kappa shape index (κ2) is 5.74. The number of urea groups is 1. The van der Waals surface area contributed by atoms with E-state index in [1.807, 2.05) is 0 Å². The van der Waals surface area contributed by atoms with Crippen LogP contribution in [0.25, 0.3) is 0 Å². The molecule has 1 rings (SSSR count). The van der Waals surface area contributed by atoms with Gasteiger partial charge in [-0.3, -0.25) is 5.10 Å². The molecular formula is C9H14N4O3. The van der Waals surface area contributed by atoms with Gasteiger partial charge in [-0.2, -0.15) is 5.10 Å². The fraction of sp³-hybridized carbons (Fsp3) is 0.444. The fourth-order valence-corrected chi connectivity index (χ4v) is 1.10. The monoisotopic (exact) mass is 226 g/mol. The van der Waals surface area contributed by atoms with Crippen molar-refractivity contribution in [3.8, 4) is 0 Å². The highest BCUT2D eigenvalue weighted by Crippen LogP contribution is 1.93. The summed E-state index contributed by atoms with van der Waals surface area (Å²) in [5.41, 5.74) is 0.818. The fourth-order valence-electron chi connectivity index (χ4n) is 1.10. The van der Waals surface area contributed by atoms with Crippen LogP contribution in [0.4, 0.5) is 4.79 Å².